The van der Waals surface area contributed by atoms with Gasteiger partial charge >= 0.3 is 0 Å². The van der Waals surface area contributed by atoms with Crippen LogP contribution in [0.2, 0.25) is 0 Å². The summed E-state index contributed by atoms with van der Waals surface area (Å²) < 4.78 is 35.4. The van der Waals surface area contributed by atoms with Crippen molar-refractivity contribution >= 4 is 22.7 Å². The van der Waals surface area contributed by atoms with Gasteiger partial charge in [0.25, 0.3) is 5.56 Å². The summed E-state index contributed by atoms with van der Waals surface area (Å²) in [5.41, 5.74) is -0.233. The third-order valence-corrected chi connectivity index (χ3v) is 5.93. The van der Waals surface area contributed by atoms with Crippen LogP contribution in [-0.2, 0) is 7.05 Å². The van der Waals surface area contributed by atoms with Gasteiger partial charge in [0.15, 0.2) is 11.6 Å². The molecule has 5 heterocycles. The van der Waals surface area contributed by atoms with E-state index in [0.29, 0.717) is 29.2 Å². The lowest BCUT2D eigenvalue weighted by atomic mass is 10.1. The molecule has 36 heavy (non-hydrogen) atoms. The van der Waals surface area contributed by atoms with Crippen molar-refractivity contribution < 1.29 is 13.5 Å². The first kappa shape index (κ1) is 23.7. The lowest BCUT2D eigenvalue weighted by molar-refractivity contribution is 0.188. The van der Waals surface area contributed by atoms with Crippen LogP contribution in [0.15, 0.2) is 47.8 Å². The summed E-state index contributed by atoms with van der Waals surface area (Å²) in [5.74, 6) is -1.09. The number of nitrogens with one attached hydrogen (secondary N) is 2. The van der Waals surface area contributed by atoms with E-state index in [1.807, 2.05) is 0 Å². The number of hydrogen-bond acceptors (Lipinski definition) is 9. The molecule has 1 fully saturated rings. The van der Waals surface area contributed by atoms with Crippen LogP contribution in [0.3, 0.4) is 0 Å². The molecule has 1 aliphatic rings. The van der Waals surface area contributed by atoms with E-state index in [2.05, 4.69) is 35.5 Å². The van der Waals surface area contributed by atoms with E-state index < -0.39 is 22.8 Å². The van der Waals surface area contributed by atoms with E-state index in [4.69, 9.17) is 4.74 Å². The average Bonchev–Trinajstić information content (AvgIpc) is 2.89. The predicted molar refractivity (Wildman–Crippen MR) is 130 cm³/mol. The summed E-state index contributed by atoms with van der Waals surface area (Å²) in [6.45, 7) is 5.40. The Morgan fingerprint density at radius 2 is 1.86 bits per heavy atom. The number of fused-ring (bicyclic) bond motifs is 1. The summed E-state index contributed by atoms with van der Waals surface area (Å²) in [6, 6.07) is 4.91. The van der Waals surface area contributed by atoms with Crippen LogP contribution in [0, 0.1) is 11.6 Å². The van der Waals surface area contributed by atoms with Crippen LogP contribution in [0.25, 0.3) is 22.2 Å². The second-order valence-corrected chi connectivity index (χ2v) is 8.32. The molecule has 1 aliphatic heterocycles. The fourth-order valence-electron chi connectivity index (χ4n) is 4.04. The molecule has 0 bridgehead atoms. The molecule has 1 saturated heterocycles. The van der Waals surface area contributed by atoms with Gasteiger partial charge in [0.05, 0.1) is 35.4 Å². The number of hydrogen-bond donors (Lipinski definition) is 2. The fraction of sp³-hybridized carbons (Fsp3) is 0.292. The minimum Gasteiger partial charge on any atom is -0.476 e. The van der Waals surface area contributed by atoms with Crippen LogP contribution in [0.5, 0.6) is 5.88 Å². The minimum atomic E-state index is -0.922. The van der Waals surface area contributed by atoms with E-state index in [1.54, 1.807) is 18.3 Å². The minimum absolute atomic E-state index is 0.136. The summed E-state index contributed by atoms with van der Waals surface area (Å²) in [6.07, 6.45) is 4.81. The Morgan fingerprint density at radius 1 is 1.08 bits per heavy atom. The average molecular weight is 495 g/mol. The molecule has 4 aromatic rings. The zero-order valence-corrected chi connectivity index (χ0v) is 19.5. The Morgan fingerprint density at radius 3 is 2.58 bits per heavy atom. The Balaban J connectivity index is 1.30. The number of ether oxygens (including phenoxy) is 1. The van der Waals surface area contributed by atoms with Crippen LogP contribution < -0.4 is 20.9 Å². The molecular weight excluding hydrogens is 470 g/mol. The molecule has 186 valence electrons. The first-order valence-corrected chi connectivity index (χ1v) is 11.4. The summed E-state index contributed by atoms with van der Waals surface area (Å²) in [5, 5.41) is 6.81. The molecular formula is C24H24F2N8O2. The van der Waals surface area contributed by atoms with Gasteiger partial charge in [0.2, 0.25) is 11.8 Å². The highest BCUT2D eigenvalue weighted by Crippen LogP contribution is 2.25. The lowest BCUT2D eigenvalue weighted by Crippen LogP contribution is -2.44. The molecule has 2 N–H and O–H groups in total. The molecule has 10 nitrogen and oxygen atoms in total. The van der Waals surface area contributed by atoms with Gasteiger partial charge in [0.1, 0.15) is 12.3 Å². The zero-order valence-electron chi connectivity index (χ0n) is 19.5. The van der Waals surface area contributed by atoms with Gasteiger partial charge in [0, 0.05) is 57.4 Å². The molecule has 0 aliphatic carbocycles. The number of rotatable bonds is 7. The van der Waals surface area contributed by atoms with Gasteiger partial charge in [-0.15, -0.1) is 0 Å². The predicted octanol–water partition coefficient (Wildman–Crippen LogP) is 2.09. The molecule has 0 unspecified atom stereocenters. The third kappa shape index (κ3) is 4.99. The maximum absolute atomic E-state index is 14.2. The van der Waals surface area contributed by atoms with Gasteiger partial charge in [-0.05, 0) is 12.1 Å². The molecule has 4 aromatic heterocycles. The zero-order chi connectivity index (χ0) is 25.1. The smallest absolute Gasteiger partial charge is 0.260 e. The quantitative estimate of drug-likeness (QED) is 0.399. The monoisotopic (exact) mass is 494 g/mol. The van der Waals surface area contributed by atoms with E-state index in [1.165, 1.54) is 23.9 Å². The molecule has 0 aromatic carbocycles. The lowest BCUT2D eigenvalue weighted by Gasteiger charge is -2.26. The molecule has 0 radical (unpaired) electrons. The van der Waals surface area contributed by atoms with E-state index in [0.717, 1.165) is 45.1 Å². The van der Waals surface area contributed by atoms with Crippen LogP contribution in [-0.4, -0.2) is 68.7 Å². The summed E-state index contributed by atoms with van der Waals surface area (Å²) in [4.78, 5) is 31.7. The van der Waals surface area contributed by atoms with Gasteiger partial charge < -0.3 is 15.4 Å². The van der Waals surface area contributed by atoms with Crippen LogP contribution in [0.1, 0.15) is 0 Å². The van der Waals surface area contributed by atoms with Gasteiger partial charge in [-0.25, -0.2) is 18.7 Å². The van der Waals surface area contributed by atoms with Crippen molar-refractivity contribution in [1.82, 2.24) is 34.7 Å². The molecule has 0 spiro atoms. The number of pyridine rings is 3. The number of anilines is 2. The van der Waals surface area contributed by atoms with Crippen molar-refractivity contribution in [2.75, 3.05) is 44.6 Å². The number of piperazine rings is 1. The van der Waals surface area contributed by atoms with Crippen LogP contribution in [0.4, 0.5) is 20.4 Å². The highest BCUT2D eigenvalue weighted by molar-refractivity contribution is 5.82. The van der Waals surface area contributed by atoms with E-state index >= 15 is 0 Å². The highest BCUT2D eigenvalue weighted by Gasteiger charge is 2.18. The SMILES string of the molecule is Cn1c(=O)c(-c2c(F)cncc2F)cc2cnc(Nc3ccc(OCCN4CCNCC4)nc3)nc21. The Kier molecular flexibility index (Phi) is 6.78. The Bertz CT molecular complexity index is 1420. The standard InChI is InChI=1S/C24H24F2N8O2/c1-33-22-15(10-17(23(33)35)21-18(25)13-28-14-19(21)26)11-30-24(32-22)31-16-2-3-20(29-12-16)36-9-8-34-6-4-27-5-7-34/h2-3,10-14,27H,4-9H2,1H3,(H,30,31,32). The van der Waals surface area contributed by atoms with Crippen molar-refractivity contribution in [2.45, 2.75) is 0 Å². The largest absolute Gasteiger partial charge is 0.476 e. The van der Waals surface area contributed by atoms with E-state index in [-0.39, 0.29) is 11.5 Å². The number of aromatic nitrogens is 5. The van der Waals surface area contributed by atoms with Crippen molar-refractivity contribution in [3.63, 3.8) is 0 Å². The van der Waals surface area contributed by atoms with Crippen molar-refractivity contribution in [3.05, 3.63) is 65.0 Å². The molecule has 12 heteroatoms. The first-order valence-electron chi connectivity index (χ1n) is 11.4. The second kappa shape index (κ2) is 10.3. The third-order valence-electron chi connectivity index (χ3n) is 5.93. The molecule has 0 saturated carbocycles. The molecule has 0 atom stereocenters. The topological polar surface area (TPSA) is 110 Å². The summed E-state index contributed by atoms with van der Waals surface area (Å²) >= 11 is 0. The highest BCUT2D eigenvalue weighted by atomic mass is 19.1. The Hall–Kier alpha value is -4.03. The first-order chi connectivity index (χ1) is 17.5. The summed E-state index contributed by atoms with van der Waals surface area (Å²) in [7, 11) is 1.48. The fourth-order valence-corrected chi connectivity index (χ4v) is 4.04. The number of halogens is 2. The van der Waals surface area contributed by atoms with Gasteiger partial charge in [-0.2, -0.15) is 4.98 Å². The van der Waals surface area contributed by atoms with Crippen molar-refractivity contribution in [2.24, 2.45) is 7.05 Å². The normalized spacial score (nSPS) is 14.2. The van der Waals surface area contributed by atoms with E-state index in [9.17, 15) is 13.6 Å². The maximum Gasteiger partial charge on any atom is 0.260 e. The van der Waals surface area contributed by atoms with Gasteiger partial charge in [-0.3, -0.25) is 19.2 Å². The van der Waals surface area contributed by atoms with Crippen molar-refractivity contribution in [1.29, 1.82) is 0 Å². The molecule has 0 amide bonds. The number of aryl methyl sites for hydroxylation is 1. The number of nitrogens with zero attached hydrogens (tertiary/aromatic N) is 6. The van der Waals surface area contributed by atoms with Crippen LogP contribution >= 0.6 is 0 Å². The second-order valence-electron chi connectivity index (χ2n) is 8.32. The molecule has 5 rings (SSSR count). The Labute approximate surface area is 205 Å². The van der Waals surface area contributed by atoms with Gasteiger partial charge in [-0.1, -0.05) is 0 Å². The van der Waals surface area contributed by atoms with Crippen molar-refractivity contribution in [3.8, 4) is 17.0 Å². The maximum atomic E-state index is 14.2.